The van der Waals surface area contributed by atoms with Crippen molar-refractivity contribution < 1.29 is 13.9 Å². The molecule has 0 saturated heterocycles. The lowest BCUT2D eigenvalue weighted by molar-refractivity contribution is 0.284. The van der Waals surface area contributed by atoms with Gasteiger partial charge in [0.15, 0.2) is 11.5 Å². The maximum absolute atomic E-state index is 12.9. The lowest BCUT2D eigenvalue weighted by Gasteiger charge is -2.15. The van der Waals surface area contributed by atoms with E-state index in [9.17, 15) is 4.39 Å². The molecule has 0 radical (unpaired) electrons. The highest BCUT2D eigenvalue weighted by Crippen LogP contribution is 2.37. The maximum atomic E-state index is 12.9. The molecule has 2 aromatic rings. The molecule has 0 aliphatic heterocycles. The van der Waals surface area contributed by atoms with Crippen LogP contribution in [-0.4, -0.2) is 13.2 Å². The molecule has 2 aromatic carbocycles. The zero-order chi connectivity index (χ0) is 16.8. The highest BCUT2D eigenvalue weighted by Gasteiger charge is 2.12. The van der Waals surface area contributed by atoms with Gasteiger partial charge in [0.2, 0.25) is 0 Å². The minimum atomic E-state index is -0.272. The second kappa shape index (κ2) is 9.72. The molecule has 0 unspecified atom stereocenters. The number of nitrogens with one attached hydrogen (secondary N) is 1. The van der Waals surface area contributed by atoms with Crippen LogP contribution >= 0.6 is 24.0 Å². The normalized spacial score (nSPS) is 10.4. The topological polar surface area (TPSA) is 30.5 Å². The van der Waals surface area contributed by atoms with Crippen molar-refractivity contribution in [3.8, 4) is 11.5 Å². The summed E-state index contributed by atoms with van der Waals surface area (Å²) in [5.74, 6) is 0.804. The third kappa shape index (κ3) is 5.86. The summed E-state index contributed by atoms with van der Waals surface area (Å²) in [5, 5.41) is 3.82. The van der Waals surface area contributed by atoms with Crippen LogP contribution in [-0.2, 0) is 13.2 Å². The second-order valence-electron chi connectivity index (χ2n) is 5.56. The Bertz CT molecular complexity index is 648. The van der Waals surface area contributed by atoms with Crippen molar-refractivity contribution in [2.45, 2.75) is 33.0 Å². The predicted octanol–water partition coefficient (Wildman–Crippen LogP) is 4.99. The molecule has 0 aromatic heterocycles. The Kier molecular flexibility index (Phi) is 8.32. The molecule has 1 N–H and O–H groups in total. The maximum Gasteiger partial charge on any atom is 0.180 e. The molecular weight excluding hydrogens is 352 g/mol. The van der Waals surface area contributed by atoms with Crippen molar-refractivity contribution in [2.24, 2.45) is 0 Å². The Morgan fingerprint density at radius 3 is 2.38 bits per heavy atom. The number of halogens is 3. The number of hydrogen-bond donors (Lipinski definition) is 1. The van der Waals surface area contributed by atoms with E-state index in [2.05, 4.69) is 19.2 Å². The van der Waals surface area contributed by atoms with Crippen LogP contribution in [0.2, 0.25) is 5.02 Å². The molecule has 0 fully saturated rings. The fourth-order valence-electron chi connectivity index (χ4n) is 2.07. The van der Waals surface area contributed by atoms with Crippen molar-refractivity contribution in [2.75, 3.05) is 7.11 Å². The van der Waals surface area contributed by atoms with Gasteiger partial charge < -0.3 is 14.8 Å². The summed E-state index contributed by atoms with van der Waals surface area (Å²) in [7, 11) is 1.58. The smallest absolute Gasteiger partial charge is 0.180 e. The van der Waals surface area contributed by atoms with Crippen LogP contribution in [0.3, 0.4) is 0 Å². The summed E-state index contributed by atoms with van der Waals surface area (Å²) in [6.45, 7) is 5.16. The Morgan fingerprint density at radius 1 is 1.12 bits per heavy atom. The highest BCUT2D eigenvalue weighted by atomic mass is 35.5. The summed E-state index contributed by atoms with van der Waals surface area (Å²) in [6, 6.07) is 10.3. The summed E-state index contributed by atoms with van der Waals surface area (Å²) in [6.07, 6.45) is 0. The summed E-state index contributed by atoms with van der Waals surface area (Å²) < 4.78 is 24.1. The van der Waals surface area contributed by atoms with Gasteiger partial charge in [0.05, 0.1) is 12.1 Å². The van der Waals surface area contributed by atoms with E-state index in [-0.39, 0.29) is 18.2 Å². The van der Waals surface area contributed by atoms with Crippen molar-refractivity contribution >= 4 is 24.0 Å². The van der Waals surface area contributed by atoms with E-state index in [1.807, 2.05) is 12.1 Å². The van der Waals surface area contributed by atoms with Crippen LogP contribution in [0.5, 0.6) is 11.5 Å². The van der Waals surface area contributed by atoms with Gasteiger partial charge in [-0.1, -0.05) is 37.6 Å². The number of benzene rings is 2. The van der Waals surface area contributed by atoms with Gasteiger partial charge in [-0.15, -0.1) is 12.4 Å². The number of rotatable bonds is 7. The molecule has 6 heteroatoms. The molecule has 24 heavy (non-hydrogen) atoms. The van der Waals surface area contributed by atoms with Gasteiger partial charge in [-0.2, -0.15) is 0 Å². The number of hydrogen-bond acceptors (Lipinski definition) is 3. The Balaban J connectivity index is 0.00000288. The van der Waals surface area contributed by atoms with E-state index in [4.69, 9.17) is 21.1 Å². The molecule has 0 heterocycles. The van der Waals surface area contributed by atoms with Gasteiger partial charge in [-0.3, -0.25) is 0 Å². The third-order valence-electron chi connectivity index (χ3n) is 3.30. The Morgan fingerprint density at radius 2 is 1.79 bits per heavy atom. The van der Waals surface area contributed by atoms with E-state index >= 15 is 0 Å². The fraction of sp³-hybridized carbons (Fsp3) is 0.333. The molecule has 0 aliphatic rings. The van der Waals surface area contributed by atoms with Crippen molar-refractivity contribution in [1.82, 2.24) is 5.32 Å². The first-order chi connectivity index (χ1) is 11.0. The molecule has 3 nitrogen and oxygen atoms in total. The molecule has 132 valence electrons. The van der Waals surface area contributed by atoms with Crippen molar-refractivity contribution in [1.29, 1.82) is 0 Å². The van der Waals surface area contributed by atoms with Crippen LogP contribution < -0.4 is 14.8 Å². The van der Waals surface area contributed by atoms with Crippen LogP contribution in [0.25, 0.3) is 0 Å². The summed E-state index contributed by atoms with van der Waals surface area (Å²) >= 11 is 6.33. The molecular formula is C18H22Cl2FNO2. The molecule has 0 amide bonds. The molecule has 0 spiro atoms. The zero-order valence-electron chi connectivity index (χ0n) is 13.9. The van der Waals surface area contributed by atoms with Crippen LogP contribution in [0.4, 0.5) is 4.39 Å². The van der Waals surface area contributed by atoms with Gasteiger partial charge in [0.25, 0.3) is 0 Å². The van der Waals surface area contributed by atoms with E-state index in [0.717, 1.165) is 11.1 Å². The Labute approximate surface area is 153 Å². The molecule has 0 bridgehead atoms. The van der Waals surface area contributed by atoms with Crippen LogP contribution in [0, 0.1) is 5.82 Å². The van der Waals surface area contributed by atoms with Crippen LogP contribution in [0.15, 0.2) is 36.4 Å². The molecule has 0 atom stereocenters. The summed E-state index contributed by atoms with van der Waals surface area (Å²) in [5.41, 5.74) is 1.88. The lowest BCUT2D eigenvalue weighted by atomic mass is 10.2. The van der Waals surface area contributed by atoms with Crippen molar-refractivity contribution in [3.63, 3.8) is 0 Å². The SMILES string of the molecule is COc1cc(CNC(C)C)cc(Cl)c1OCc1ccc(F)cc1.Cl. The minimum absolute atomic E-state index is 0. The molecule has 2 rings (SSSR count). The predicted molar refractivity (Wildman–Crippen MR) is 98.0 cm³/mol. The molecule has 0 aliphatic carbocycles. The third-order valence-corrected chi connectivity index (χ3v) is 3.58. The van der Waals surface area contributed by atoms with Crippen molar-refractivity contribution in [3.05, 3.63) is 58.4 Å². The van der Waals surface area contributed by atoms with E-state index in [1.165, 1.54) is 12.1 Å². The van der Waals surface area contributed by atoms with E-state index < -0.39 is 0 Å². The van der Waals surface area contributed by atoms with Gasteiger partial charge in [0, 0.05) is 12.6 Å². The van der Waals surface area contributed by atoms with Crippen LogP contribution in [0.1, 0.15) is 25.0 Å². The Hall–Kier alpha value is -1.49. The molecule has 0 saturated carbocycles. The monoisotopic (exact) mass is 373 g/mol. The summed E-state index contributed by atoms with van der Waals surface area (Å²) in [4.78, 5) is 0. The largest absolute Gasteiger partial charge is 0.493 e. The van der Waals surface area contributed by atoms with E-state index in [1.54, 1.807) is 19.2 Å². The first kappa shape index (κ1) is 20.6. The fourth-order valence-corrected chi connectivity index (χ4v) is 2.36. The van der Waals surface area contributed by atoms with Gasteiger partial charge in [0.1, 0.15) is 12.4 Å². The second-order valence-corrected chi connectivity index (χ2v) is 5.97. The van der Waals surface area contributed by atoms with Gasteiger partial charge in [-0.25, -0.2) is 4.39 Å². The van der Waals surface area contributed by atoms with Gasteiger partial charge >= 0.3 is 0 Å². The average molecular weight is 374 g/mol. The first-order valence-corrected chi connectivity index (χ1v) is 7.84. The first-order valence-electron chi connectivity index (χ1n) is 7.46. The van der Waals surface area contributed by atoms with Gasteiger partial charge in [-0.05, 0) is 35.4 Å². The number of methoxy groups -OCH3 is 1. The standard InChI is InChI=1S/C18H21ClFNO2.ClH/c1-12(2)21-10-14-8-16(19)18(17(9-14)22-3)23-11-13-4-6-15(20)7-5-13;/h4-9,12,21H,10-11H2,1-3H3;1H. The zero-order valence-corrected chi connectivity index (χ0v) is 15.5. The quantitative estimate of drug-likeness (QED) is 0.741. The average Bonchev–Trinajstić information content (AvgIpc) is 2.53. The number of ether oxygens (including phenoxy) is 2. The highest BCUT2D eigenvalue weighted by molar-refractivity contribution is 6.32. The van der Waals surface area contributed by atoms with E-state index in [0.29, 0.717) is 35.7 Å². The minimum Gasteiger partial charge on any atom is -0.493 e. The lowest BCUT2D eigenvalue weighted by Crippen LogP contribution is -2.21.